The molecule has 0 aromatic rings. The van der Waals surface area contributed by atoms with E-state index < -0.39 is 7.59 Å². The van der Waals surface area contributed by atoms with Crippen LogP contribution in [0.3, 0.4) is 0 Å². The smallest absolute Gasteiger partial charge is 0.123 e. The van der Waals surface area contributed by atoms with Crippen LogP contribution >= 0.6 is 92.8 Å². The maximum absolute atomic E-state index is 6.12. The van der Waals surface area contributed by atoms with Crippen LogP contribution in [-0.4, -0.2) is 18.3 Å². The van der Waals surface area contributed by atoms with Crippen LogP contribution in [0.15, 0.2) is 0 Å². The molecule has 0 amide bonds. The Morgan fingerprint density at radius 2 is 0.773 bits per heavy atom. The highest BCUT2D eigenvalue weighted by Gasteiger charge is 2.24. The van der Waals surface area contributed by atoms with Crippen LogP contribution in [0.5, 0.6) is 0 Å². The van der Waals surface area contributed by atoms with Gasteiger partial charge in [0, 0.05) is 23.6 Å². The SMILES string of the molecule is Cl[C@H](CCCCCCCC[C@H](Cl)CC(Cl)(Cl)Cl)CC(Cl)(Cl)Cl. The highest BCUT2D eigenvalue weighted by atomic mass is 35.6. The minimum atomic E-state index is -1.25. The maximum Gasteiger partial charge on any atom is 0.192 e. The second-order valence-electron chi connectivity index (χ2n) is 5.53. The monoisotopic (exact) mass is 470 g/mol. The van der Waals surface area contributed by atoms with E-state index in [1.54, 1.807) is 0 Å². The zero-order chi connectivity index (χ0) is 17.2. The molecule has 22 heavy (non-hydrogen) atoms. The van der Waals surface area contributed by atoms with Gasteiger partial charge < -0.3 is 0 Å². The van der Waals surface area contributed by atoms with Gasteiger partial charge in [-0.3, -0.25) is 0 Å². The Balaban J connectivity index is 3.41. The topological polar surface area (TPSA) is 0 Å². The lowest BCUT2D eigenvalue weighted by molar-refractivity contribution is 0.546. The second-order valence-corrected chi connectivity index (χ2v) is 11.8. The number of hydrogen-bond acceptors (Lipinski definition) is 0. The van der Waals surface area contributed by atoms with Gasteiger partial charge in [0.25, 0.3) is 0 Å². The van der Waals surface area contributed by atoms with E-state index in [2.05, 4.69) is 0 Å². The summed E-state index contributed by atoms with van der Waals surface area (Å²) in [5.41, 5.74) is 0. The molecule has 0 spiro atoms. The molecule has 0 radical (unpaired) electrons. The fourth-order valence-corrected chi connectivity index (χ4v) is 4.51. The van der Waals surface area contributed by atoms with Gasteiger partial charge >= 0.3 is 0 Å². The molecule has 8 heteroatoms. The third kappa shape index (κ3) is 18.7. The Hall–Kier alpha value is 2.32. The zero-order valence-corrected chi connectivity index (χ0v) is 18.3. The molecule has 0 N–H and O–H groups in total. The van der Waals surface area contributed by atoms with Gasteiger partial charge in [-0.15, -0.1) is 23.2 Å². The number of rotatable bonds is 11. The Labute approximate surface area is 174 Å². The van der Waals surface area contributed by atoms with Crippen LogP contribution < -0.4 is 0 Å². The van der Waals surface area contributed by atoms with E-state index in [1.807, 2.05) is 0 Å². The van der Waals surface area contributed by atoms with Crippen molar-refractivity contribution in [1.29, 1.82) is 0 Å². The predicted octanol–water partition coefficient (Wildman–Crippen LogP) is 8.84. The summed E-state index contributed by atoms with van der Waals surface area (Å²) in [7, 11) is 0. The Kier molecular flexibility index (Phi) is 14.0. The molecule has 0 aliphatic rings. The van der Waals surface area contributed by atoms with E-state index >= 15 is 0 Å². The van der Waals surface area contributed by atoms with E-state index in [-0.39, 0.29) is 10.8 Å². The van der Waals surface area contributed by atoms with Gasteiger partial charge in [-0.25, -0.2) is 0 Å². The normalized spacial score (nSPS) is 15.8. The molecule has 0 aromatic heterocycles. The minimum Gasteiger partial charge on any atom is -0.123 e. The van der Waals surface area contributed by atoms with Crippen LogP contribution in [0.4, 0.5) is 0 Å². The molecule has 0 saturated heterocycles. The van der Waals surface area contributed by atoms with Crippen molar-refractivity contribution in [2.24, 2.45) is 0 Å². The van der Waals surface area contributed by atoms with Crippen molar-refractivity contribution in [3.8, 4) is 0 Å². The lowest BCUT2D eigenvalue weighted by atomic mass is 10.1. The van der Waals surface area contributed by atoms with E-state index in [0.717, 1.165) is 38.5 Å². The molecular weight excluding hydrogens is 452 g/mol. The van der Waals surface area contributed by atoms with Crippen molar-refractivity contribution < 1.29 is 0 Å². The number of alkyl halides is 8. The van der Waals surface area contributed by atoms with Crippen molar-refractivity contribution in [3.05, 3.63) is 0 Å². The summed E-state index contributed by atoms with van der Waals surface area (Å²) in [5.74, 6) is 0. The highest BCUT2D eigenvalue weighted by molar-refractivity contribution is 6.68. The van der Waals surface area contributed by atoms with E-state index in [4.69, 9.17) is 92.8 Å². The molecule has 0 aliphatic carbocycles. The summed E-state index contributed by atoms with van der Waals surface area (Å²) in [6, 6.07) is 0. The molecule has 0 aromatic carbocycles. The molecule has 0 saturated carbocycles. The summed E-state index contributed by atoms with van der Waals surface area (Å²) in [5, 5.41) is -0.155. The fourth-order valence-electron chi connectivity index (χ4n) is 2.15. The highest BCUT2D eigenvalue weighted by Crippen LogP contribution is 2.35. The third-order valence-electron chi connectivity index (χ3n) is 3.19. The molecule has 0 unspecified atom stereocenters. The molecule has 0 rings (SSSR count). The van der Waals surface area contributed by atoms with Gasteiger partial charge in [0.15, 0.2) is 7.59 Å². The molecule has 0 aliphatic heterocycles. The third-order valence-corrected chi connectivity index (χ3v) is 4.86. The van der Waals surface area contributed by atoms with Gasteiger partial charge in [-0.1, -0.05) is 108 Å². The Bertz CT molecular complexity index is 243. The van der Waals surface area contributed by atoms with Gasteiger partial charge in [0.05, 0.1) is 0 Å². The van der Waals surface area contributed by atoms with Crippen LogP contribution in [0.2, 0.25) is 0 Å². The molecule has 0 fully saturated rings. The van der Waals surface area contributed by atoms with Gasteiger partial charge in [-0.2, -0.15) is 0 Å². The van der Waals surface area contributed by atoms with Gasteiger partial charge in [0.2, 0.25) is 0 Å². The first-order chi connectivity index (χ1) is 9.99. The standard InChI is InChI=1S/C14H22Cl8/c15-11(9-13(17,18)19)7-5-3-1-2-4-6-8-12(16)10-14(20,21)22/h11-12H,1-10H2/t11-,12+. The second kappa shape index (κ2) is 12.6. The van der Waals surface area contributed by atoms with E-state index in [9.17, 15) is 0 Å². The lowest BCUT2D eigenvalue weighted by Crippen LogP contribution is -2.11. The molecule has 2 atom stereocenters. The van der Waals surface area contributed by atoms with Crippen molar-refractivity contribution in [1.82, 2.24) is 0 Å². The number of halogens is 8. The van der Waals surface area contributed by atoms with Gasteiger partial charge in [0.1, 0.15) is 0 Å². The first-order valence-corrected chi connectivity index (χ1v) is 10.6. The molecular formula is C14H22Cl8. The van der Waals surface area contributed by atoms with E-state index in [1.165, 1.54) is 12.8 Å². The Morgan fingerprint density at radius 3 is 1.05 bits per heavy atom. The first-order valence-electron chi connectivity index (χ1n) is 7.41. The summed E-state index contributed by atoms with van der Waals surface area (Å²) in [4.78, 5) is 0. The predicted molar refractivity (Wildman–Crippen MR) is 106 cm³/mol. The fraction of sp³-hybridized carbons (Fsp3) is 1.00. The average molecular weight is 474 g/mol. The molecule has 134 valence electrons. The summed E-state index contributed by atoms with van der Waals surface area (Å²) >= 11 is 46.4. The van der Waals surface area contributed by atoms with Crippen molar-refractivity contribution >= 4 is 92.8 Å². The zero-order valence-electron chi connectivity index (χ0n) is 12.2. The maximum atomic E-state index is 6.12. The van der Waals surface area contributed by atoms with Gasteiger partial charge in [-0.05, 0) is 12.8 Å². The number of unbranched alkanes of at least 4 members (excludes halogenated alkanes) is 5. The largest absolute Gasteiger partial charge is 0.192 e. The quantitative estimate of drug-likeness (QED) is 0.207. The van der Waals surface area contributed by atoms with Crippen molar-refractivity contribution in [3.63, 3.8) is 0 Å². The number of hydrogen-bond donors (Lipinski definition) is 0. The van der Waals surface area contributed by atoms with E-state index in [0.29, 0.717) is 12.8 Å². The van der Waals surface area contributed by atoms with Crippen molar-refractivity contribution in [2.45, 2.75) is 82.5 Å². The van der Waals surface area contributed by atoms with Crippen LogP contribution in [-0.2, 0) is 0 Å². The van der Waals surface area contributed by atoms with Crippen LogP contribution in [0, 0.1) is 0 Å². The van der Waals surface area contributed by atoms with Crippen LogP contribution in [0.1, 0.15) is 64.2 Å². The first kappa shape index (κ1) is 24.3. The summed E-state index contributed by atoms with van der Waals surface area (Å²) < 4.78 is -2.51. The van der Waals surface area contributed by atoms with Crippen molar-refractivity contribution in [2.75, 3.05) is 0 Å². The minimum absolute atomic E-state index is 0.0774. The average Bonchev–Trinajstić information content (AvgIpc) is 2.27. The Morgan fingerprint density at radius 1 is 0.500 bits per heavy atom. The molecule has 0 bridgehead atoms. The molecule has 0 nitrogen and oxygen atoms in total. The van der Waals surface area contributed by atoms with Crippen LogP contribution in [0.25, 0.3) is 0 Å². The summed E-state index contributed by atoms with van der Waals surface area (Å²) in [6.07, 6.45) is 9.28. The summed E-state index contributed by atoms with van der Waals surface area (Å²) in [6.45, 7) is 0. The molecule has 0 heterocycles. The lowest BCUT2D eigenvalue weighted by Gasteiger charge is -2.15.